The third-order valence-corrected chi connectivity index (χ3v) is 4.67. The van der Waals surface area contributed by atoms with E-state index in [9.17, 15) is 4.79 Å². The van der Waals surface area contributed by atoms with Crippen LogP contribution < -0.4 is 16.0 Å². The number of guanidine groups is 1. The van der Waals surface area contributed by atoms with Gasteiger partial charge in [0.05, 0.1) is 12.2 Å². The summed E-state index contributed by atoms with van der Waals surface area (Å²) in [5.41, 5.74) is 2.11. The topological polar surface area (TPSA) is 91.3 Å². The Bertz CT molecular complexity index is 734. The van der Waals surface area contributed by atoms with E-state index < -0.39 is 0 Å². The van der Waals surface area contributed by atoms with Gasteiger partial charge in [0.2, 0.25) is 5.91 Å². The van der Waals surface area contributed by atoms with E-state index >= 15 is 0 Å². The van der Waals surface area contributed by atoms with Crippen molar-refractivity contribution in [3.8, 4) is 0 Å². The van der Waals surface area contributed by atoms with Gasteiger partial charge in [-0.25, -0.2) is 15.0 Å². The van der Waals surface area contributed by atoms with Crippen LogP contribution in [0.2, 0.25) is 0 Å². The molecular formula is C18H26N6OS. The first-order valence-corrected chi connectivity index (χ1v) is 9.47. The normalized spacial score (nSPS) is 11.3. The maximum absolute atomic E-state index is 12.0. The van der Waals surface area contributed by atoms with Crippen LogP contribution in [0.1, 0.15) is 34.5 Å². The quantitative estimate of drug-likeness (QED) is 0.512. The summed E-state index contributed by atoms with van der Waals surface area (Å²) in [6.45, 7) is 9.78. The highest BCUT2D eigenvalue weighted by molar-refractivity contribution is 7.11. The summed E-state index contributed by atoms with van der Waals surface area (Å²) < 4.78 is 0. The number of anilines is 1. The predicted octanol–water partition coefficient (Wildman–Crippen LogP) is 2.55. The lowest BCUT2D eigenvalue weighted by Crippen LogP contribution is -2.38. The monoisotopic (exact) mass is 374 g/mol. The highest BCUT2D eigenvalue weighted by atomic mass is 32.1. The second-order valence-electron chi connectivity index (χ2n) is 5.89. The van der Waals surface area contributed by atoms with Crippen LogP contribution in [0.3, 0.4) is 0 Å². The summed E-state index contributed by atoms with van der Waals surface area (Å²) in [5.74, 6) is 1.16. The van der Waals surface area contributed by atoms with Crippen LogP contribution in [0.25, 0.3) is 0 Å². The second kappa shape index (κ2) is 9.86. The molecule has 0 fully saturated rings. The van der Waals surface area contributed by atoms with Gasteiger partial charge in [0.1, 0.15) is 10.8 Å². The molecular weight excluding hydrogens is 348 g/mol. The van der Waals surface area contributed by atoms with Crippen molar-refractivity contribution in [3.63, 3.8) is 0 Å². The fourth-order valence-corrected chi connectivity index (χ4v) is 3.00. The first kappa shape index (κ1) is 19.8. The number of aliphatic imine (C=N–C) groups is 1. The van der Waals surface area contributed by atoms with E-state index in [-0.39, 0.29) is 5.91 Å². The van der Waals surface area contributed by atoms with Gasteiger partial charge in [0.15, 0.2) is 5.96 Å². The van der Waals surface area contributed by atoms with Crippen molar-refractivity contribution in [2.45, 2.75) is 40.7 Å². The molecule has 2 heterocycles. The molecule has 0 aliphatic carbocycles. The molecule has 0 unspecified atom stereocenters. The summed E-state index contributed by atoms with van der Waals surface area (Å²) in [5, 5.41) is 10.1. The zero-order valence-corrected chi connectivity index (χ0v) is 16.5. The Morgan fingerprint density at radius 1 is 1.23 bits per heavy atom. The van der Waals surface area contributed by atoms with E-state index in [0.29, 0.717) is 31.3 Å². The largest absolute Gasteiger partial charge is 0.357 e. The zero-order chi connectivity index (χ0) is 18.9. The molecule has 1 amide bonds. The molecule has 3 N–H and O–H groups in total. The standard InChI is InChI=1S/C18H26N6OS/c1-5-19-18(22-11-17-23-13(3)14(4)26-17)20-9-8-16(25)24-15-7-6-12(2)10-21-15/h6-7,10H,5,8-9,11H2,1-4H3,(H2,19,20,22)(H,21,24,25). The van der Waals surface area contributed by atoms with Crippen molar-refractivity contribution in [3.05, 3.63) is 39.5 Å². The average Bonchev–Trinajstić information content (AvgIpc) is 2.93. The van der Waals surface area contributed by atoms with Gasteiger partial charge in [-0.3, -0.25) is 4.79 Å². The number of aryl methyl sites for hydroxylation is 3. The van der Waals surface area contributed by atoms with Gasteiger partial charge in [0, 0.05) is 30.6 Å². The van der Waals surface area contributed by atoms with Gasteiger partial charge in [-0.15, -0.1) is 11.3 Å². The van der Waals surface area contributed by atoms with Crippen molar-refractivity contribution in [2.24, 2.45) is 4.99 Å². The molecule has 0 aliphatic rings. The molecule has 0 aliphatic heterocycles. The number of aromatic nitrogens is 2. The third kappa shape index (κ3) is 6.44. The van der Waals surface area contributed by atoms with E-state index in [2.05, 4.69) is 37.8 Å². The van der Waals surface area contributed by atoms with Crippen LogP contribution in [0, 0.1) is 20.8 Å². The Hall–Kier alpha value is -2.48. The fourth-order valence-electron chi connectivity index (χ4n) is 2.14. The lowest BCUT2D eigenvalue weighted by molar-refractivity contribution is -0.116. The zero-order valence-electron chi connectivity index (χ0n) is 15.7. The second-order valence-corrected chi connectivity index (χ2v) is 7.18. The van der Waals surface area contributed by atoms with Gasteiger partial charge in [-0.05, 0) is 39.3 Å². The molecule has 26 heavy (non-hydrogen) atoms. The molecule has 0 saturated carbocycles. The maximum Gasteiger partial charge on any atom is 0.227 e. The van der Waals surface area contributed by atoms with Crippen LogP contribution >= 0.6 is 11.3 Å². The van der Waals surface area contributed by atoms with Crippen LogP contribution in [0.4, 0.5) is 5.82 Å². The van der Waals surface area contributed by atoms with E-state index in [1.54, 1.807) is 23.6 Å². The third-order valence-electron chi connectivity index (χ3n) is 3.61. The summed E-state index contributed by atoms with van der Waals surface area (Å²) >= 11 is 1.66. The number of hydrogen-bond donors (Lipinski definition) is 3. The maximum atomic E-state index is 12.0. The van der Waals surface area contributed by atoms with Gasteiger partial charge >= 0.3 is 0 Å². The molecule has 2 aromatic heterocycles. The summed E-state index contributed by atoms with van der Waals surface area (Å²) in [7, 11) is 0. The number of thiazole rings is 1. The number of nitrogens with zero attached hydrogens (tertiary/aromatic N) is 3. The van der Waals surface area contributed by atoms with E-state index in [1.807, 2.05) is 26.8 Å². The molecule has 7 nitrogen and oxygen atoms in total. The molecule has 140 valence electrons. The van der Waals surface area contributed by atoms with Gasteiger partial charge < -0.3 is 16.0 Å². The predicted molar refractivity (Wildman–Crippen MR) is 107 cm³/mol. The molecule has 0 aromatic carbocycles. The lowest BCUT2D eigenvalue weighted by Gasteiger charge is -2.11. The Morgan fingerprint density at radius 2 is 2.04 bits per heavy atom. The first-order chi connectivity index (χ1) is 12.5. The smallest absolute Gasteiger partial charge is 0.227 e. The molecule has 0 spiro atoms. The van der Waals surface area contributed by atoms with Gasteiger partial charge in [0.25, 0.3) is 0 Å². The van der Waals surface area contributed by atoms with Crippen molar-refractivity contribution < 1.29 is 4.79 Å². The summed E-state index contributed by atoms with van der Waals surface area (Å²) in [6, 6.07) is 3.71. The molecule has 8 heteroatoms. The Labute approximate surface area is 158 Å². The SMILES string of the molecule is CCNC(=NCc1nc(C)c(C)s1)NCCC(=O)Nc1ccc(C)cn1. The van der Waals surface area contributed by atoms with Crippen LogP contribution in [0.15, 0.2) is 23.3 Å². The molecule has 0 saturated heterocycles. The van der Waals surface area contributed by atoms with E-state index in [1.165, 1.54) is 4.88 Å². The van der Waals surface area contributed by atoms with E-state index in [4.69, 9.17) is 0 Å². The Kier molecular flexibility index (Phi) is 7.53. The van der Waals surface area contributed by atoms with Gasteiger partial charge in [-0.2, -0.15) is 0 Å². The summed E-state index contributed by atoms with van der Waals surface area (Å²) in [6.07, 6.45) is 2.06. The Morgan fingerprint density at radius 3 is 2.65 bits per heavy atom. The van der Waals surface area contributed by atoms with Crippen LogP contribution in [-0.2, 0) is 11.3 Å². The van der Waals surface area contributed by atoms with E-state index in [0.717, 1.165) is 22.8 Å². The first-order valence-electron chi connectivity index (χ1n) is 8.65. The molecule has 0 radical (unpaired) electrons. The van der Waals surface area contributed by atoms with Crippen molar-refractivity contribution in [1.82, 2.24) is 20.6 Å². The van der Waals surface area contributed by atoms with Crippen LogP contribution in [-0.4, -0.2) is 34.9 Å². The highest BCUT2D eigenvalue weighted by Gasteiger charge is 2.06. The number of amides is 1. The Balaban J connectivity index is 1.80. The molecule has 0 atom stereocenters. The fraction of sp³-hybridized carbons (Fsp3) is 0.444. The number of carbonyl (C=O) groups excluding carboxylic acids is 1. The molecule has 2 rings (SSSR count). The number of nitrogens with one attached hydrogen (secondary N) is 3. The number of rotatable bonds is 7. The van der Waals surface area contributed by atoms with Crippen LogP contribution in [0.5, 0.6) is 0 Å². The number of pyridine rings is 1. The minimum absolute atomic E-state index is 0.0872. The number of carbonyl (C=O) groups is 1. The summed E-state index contributed by atoms with van der Waals surface area (Å²) in [4.78, 5) is 26.4. The van der Waals surface area contributed by atoms with Crippen molar-refractivity contribution >= 4 is 29.0 Å². The molecule has 2 aromatic rings. The van der Waals surface area contributed by atoms with Crippen molar-refractivity contribution in [2.75, 3.05) is 18.4 Å². The highest BCUT2D eigenvalue weighted by Crippen LogP contribution is 2.16. The molecule has 0 bridgehead atoms. The lowest BCUT2D eigenvalue weighted by atomic mass is 10.3. The minimum atomic E-state index is -0.0872. The minimum Gasteiger partial charge on any atom is -0.357 e. The van der Waals surface area contributed by atoms with Crippen molar-refractivity contribution in [1.29, 1.82) is 0 Å². The number of hydrogen-bond acceptors (Lipinski definition) is 5. The average molecular weight is 375 g/mol. The van der Waals surface area contributed by atoms with Gasteiger partial charge in [-0.1, -0.05) is 6.07 Å².